The third kappa shape index (κ3) is 23.5. The molecule has 0 aliphatic carbocycles. The van der Waals surface area contributed by atoms with Crippen molar-refractivity contribution in [3.05, 3.63) is 260 Å². The molecule has 0 aromatic heterocycles. The molecule has 9 aromatic carbocycles. The summed E-state index contributed by atoms with van der Waals surface area (Å²) in [5.41, 5.74) is 13.4. The van der Waals surface area contributed by atoms with E-state index in [1.54, 1.807) is 44.2 Å². The third-order valence-corrected chi connectivity index (χ3v) is 14.1. The number of nitrogens with one attached hydrogen (secondary N) is 2. The normalized spacial score (nSPS) is 9.40. The van der Waals surface area contributed by atoms with Gasteiger partial charge < -0.3 is 39.4 Å². The fourth-order valence-corrected chi connectivity index (χ4v) is 9.65. The second-order valence-electron chi connectivity index (χ2n) is 19.1. The van der Waals surface area contributed by atoms with Gasteiger partial charge in [-0.2, -0.15) is 38.4 Å². The van der Waals surface area contributed by atoms with Gasteiger partial charge in [0.25, 0.3) is 0 Å². The van der Waals surface area contributed by atoms with Gasteiger partial charge in [0.15, 0.2) is 0 Å². The highest BCUT2D eigenvalue weighted by atomic mass is 127. The van der Waals surface area contributed by atoms with E-state index in [9.17, 15) is 19.2 Å². The third-order valence-electron chi connectivity index (χ3n) is 13.4. The summed E-state index contributed by atoms with van der Waals surface area (Å²) < 4.78 is 22.3. The summed E-state index contributed by atoms with van der Waals surface area (Å²) in [5, 5.41) is 6.73. The first-order valence-electron chi connectivity index (χ1n) is 29.1. The van der Waals surface area contributed by atoms with Crippen LogP contribution in [0.5, 0.6) is 0 Å². The van der Waals surface area contributed by atoms with Crippen LogP contribution in [0.2, 0.25) is 0 Å². The summed E-state index contributed by atoms with van der Waals surface area (Å²) in [6, 6.07) is 68.3. The highest BCUT2D eigenvalue weighted by molar-refractivity contribution is 14.1. The Labute approximate surface area is 563 Å². The summed E-state index contributed by atoms with van der Waals surface area (Å²) in [6.45, 7) is 12.3. The molecule has 0 unspecified atom stereocenters. The number of para-hydroxylation sites is 6. The molecule has 0 atom stereocenters. The average molecular weight is 1400 g/mol. The maximum Gasteiger partial charge on any atom is 0.373 e. The van der Waals surface area contributed by atoms with E-state index in [-0.39, 0.29) is 37.8 Å². The minimum Gasteiger partial charge on any atom is -0.465 e. The molecule has 0 aliphatic heterocycles. The molecule has 20 nitrogen and oxygen atoms in total. The Morgan fingerprint density at radius 2 is 0.758 bits per heavy atom. The lowest BCUT2D eigenvalue weighted by molar-refractivity contribution is -0.193. The van der Waals surface area contributed by atoms with Crippen molar-refractivity contribution in [1.82, 2.24) is 0 Å². The van der Waals surface area contributed by atoms with Crippen LogP contribution in [0.25, 0.3) is 0 Å². The van der Waals surface area contributed by atoms with Crippen LogP contribution in [0, 0.1) is 17.4 Å². The van der Waals surface area contributed by atoms with E-state index in [1.165, 1.54) is 17.8 Å². The standard InChI is InChI=1S/C38H36N2O4.C26H28N2O4.C6H5I.4CO2/c1-5-28-25-32(38(42)44-6-2)36(26-35(28)39(29-18-9-7-10-19-29)33-23-15-13-17-27(33)3)40(30-20-11-8-12-21-30)34-24-16-14-22-31(34)37(41)43-4;1-5-18-15-20(26(30)32-6-2)24(16-23(18)27-21-13-9-7-11-17(21)3)28-22-14-10-8-12-19(22)25(29)31-4;7-6-4-2-1-3-5-6;4*2-1-3/h7-26H,5-6H2,1-4H3;7-16,27-28H,5-6H2,1-4H3;1-5H;;;;. The largest absolute Gasteiger partial charge is 0.465 e. The SMILES string of the molecule is CCOC(=O)c1cc(CC)c(N(c2ccccc2)c2ccccc2C)cc1N(c1ccccc1)c1ccccc1C(=O)OC.CCOC(=O)c1cc(CC)c(Nc2ccccc2C)cc1Nc1ccccc1C(=O)OC.Ic1ccccc1.O=C=O.O=C=O.O=C=O.O=C=O. The summed E-state index contributed by atoms with van der Waals surface area (Å²) in [7, 11) is 2.70. The van der Waals surface area contributed by atoms with Crippen LogP contribution in [0.15, 0.2) is 212 Å². The molecule has 0 radical (unpaired) electrons. The topological polar surface area (TPSA) is 272 Å². The molecule has 9 aromatic rings. The molecule has 9 rings (SSSR count). The second kappa shape index (κ2) is 43.1. The Morgan fingerprint density at radius 3 is 1.22 bits per heavy atom. The molecule has 0 heterocycles. The van der Waals surface area contributed by atoms with Crippen molar-refractivity contribution in [3.63, 3.8) is 0 Å². The van der Waals surface area contributed by atoms with Crippen molar-refractivity contribution in [3.8, 4) is 0 Å². The monoisotopic (exact) mass is 1400 g/mol. The molecule has 0 bridgehead atoms. The quantitative estimate of drug-likeness (QED) is 0.0459. The number of esters is 4. The Hall–Kier alpha value is -11.7. The zero-order chi connectivity index (χ0) is 70.1. The molecular formula is C74H69IN4O16. The van der Waals surface area contributed by atoms with Gasteiger partial charge in [-0.25, -0.2) is 19.2 Å². The number of hydrogen-bond donors (Lipinski definition) is 2. The van der Waals surface area contributed by atoms with Crippen molar-refractivity contribution >= 4 is 128 Å². The first-order chi connectivity index (χ1) is 46.0. The van der Waals surface area contributed by atoms with E-state index >= 15 is 0 Å². The van der Waals surface area contributed by atoms with Crippen LogP contribution in [0.1, 0.15) is 91.4 Å². The van der Waals surface area contributed by atoms with Crippen molar-refractivity contribution in [1.29, 1.82) is 0 Å². The zero-order valence-electron chi connectivity index (χ0n) is 53.3. The van der Waals surface area contributed by atoms with Crippen LogP contribution in [-0.2, 0) is 70.1 Å². The lowest BCUT2D eigenvalue weighted by Crippen LogP contribution is -2.21. The van der Waals surface area contributed by atoms with Crippen molar-refractivity contribution < 1.29 is 76.5 Å². The van der Waals surface area contributed by atoms with E-state index in [1.807, 2.05) is 164 Å². The predicted octanol–water partition coefficient (Wildman–Crippen LogP) is 15.4. The molecule has 0 aliphatic rings. The number of carbonyl (C=O) groups excluding carboxylic acids is 12. The molecule has 21 heteroatoms. The first kappa shape index (κ1) is 77.6. The fourth-order valence-electron chi connectivity index (χ4n) is 9.24. The van der Waals surface area contributed by atoms with Gasteiger partial charge >= 0.3 is 48.5 Å². The number of anilines is 10. The van der Waals surface area contributed by atoms with Crippen LogP contribution in [0.4, 0.5) is 56.9 Å². The number of halogens is 1. The second-order valence-corrected chi connectivity index (χ2v) is 20.3. The maximum atomic E-state index is 13.7. The highest BCUT2D eigenvalue weighted by Gasteiger charge is 2.29. The van der Waals surface area contributed by atoms with Gasteiger partial charge in [0.05, 0.1) is 78.1 Å². The summed E-state index contributed by atoms with van der Waals surface area (Å²) in [4.78, 5) is 121. The van der Waals surface area contributed by atoms with Gasteiger partial charge in [-0.3, -0.25) is 0 Å². The van der Waals surface area contributed by atoms with Crippen molar-refractivity contribution in [2.75, 3.05) is 47.9 Å². The average Bonchev–Trinajstić information content (AvgIpc) is 0.762. The van der Waals surface area contributed by atoms with Crippen LogP contribution < -0.4 is 20.4 Å². The Kier molecular flexibility index (Phi) is 35.2. The summed E-state index contributed by atoms with van der Waals surface area (Å²) in [6.07, 6.45) is 2.39. The van der Waals surface area contributed by atoms with Gasteiger partial charge in [0.2, 0.25) is 0 Å². The van der Waals surface area contributed by atoms with Gasteiger partial charge in [0, 0.05) is 32.0 Å². The van der Waals surface area contributed by atoms with Gasteiger partial charge in [-0.15, -0.1) is 0 Å². The van der Waals surface area contributed by atoms with E-state index in [0.717, 1.165) is 62.8 Å². The Morgan fingerprint density at radius 1 is 0.368 bits per heavy atom. The number of hydrogen-bond acceptors (Lipinski definition) is 20. The minimum absolute atomic E-state index is 0.227. The lowest BCUT2D eigenvalue weighted by Gasteiger charge is -2.33. The molecule has 488 valence electrons. The molecule has 95 heavy (non-hydrogen) atoms. The number of ether oxygens (including phenoxy) is 4. The predicted molar refractivity (Wildman–Crippen MR) is 364 cm³/mol. The Bertz CT molecular complexity index is 4020. The number of aryl methyl sites for hydroxylation is 4. The van der Waals surface area contributed by atoms with Gasteiger partial charge in [-0.05, 0) is 182 Å². The number of carbonyl (C=O) groups is 4. The van der Waals surface area contributed by atoms with Crippen LogP contribution in [-0.4, -0.2) is 75.9 Å². The molecule has 0 spiro atoms. The van der Waals surface area contributed by atoms with E-state index < -0.39 is 23.9 Å². The van der Waals surface area contributed by atoms with Gasteiger partial charge in [-0.1, -0.05) is 129 Å². The maximum absolute atomic E-state index is 13.7. The van der Waals surface area contributed by atoms with E-state index in [0.29, 0.717) is 51.4 Å². The lowest BCUT2D eigenvalue weighted by atomic mass is 9.99. The van der Waals surface area contributed by atoms with Crippen molar-refractivity contribution in [2.24, 2.45) is 0 Å². The smallest absolute Gasteiger partial charge is 0.373 e. The number of methoxy groups -OCH3 is 2. The molecule has 0 amide bonds. The van der Waals surface area contributed by atoms with Gasteiger partial charge in [0.1, 0.15) is 0 Å². The summed E-state index contributed by atoms with van der Waals surface area (Å²) >= 11 is 2.28. The summed E-state index contributed by atoms with van der Waals surface area (Å²) in [5.74, 6) is -1.81. The molecule has 0 fully saturated rings. The first-order valence-corrected chi connectivity index (χ1v) is 30.2. The van der Waals surface area contributed by atoms with Crippen molar-refractivity contribution in [2.45, 2.75) is 54.4 Å². The highest BCUT2D eigenvalue weighted by Crippen LogP contribution is 2.46. The number of benzene rings is 9. The fraction of sp³-hybridized carbons (Fsp3) is 0.162. The zero-order valence-corrected chi connectivity index (χ0v) is 55.5. The molecular weight excluding hydrogens is 1330 g/mol. The Balaban J connectivity index is 0.000000399. The number of nitrogens with zero attached hydrogens (tertiary/aromatic N) is 2. The van der Waals surface area contributed by atoms with Crippen LogP contribution in [0.3, 0.4) is 0 Å². The van der Waals surface area contributed by atoms with Crippen LogP contribution >= 0.6 is 22.6 Å². The van der Waals surface area contributed by atoms with E-state index in [4.69, 9.17) is 57.3 Å². The molecule has 2 N–H and O–H groups in total. The molecule has 0 saturated carbocycles. The minimum atomic E-state index is -0.476. The van der Waals surface area contributed by atoms with E-state index in [2.05, 4.69) is 88.4 Å². The number of rotatable bonds is 18. The molecule has 0 saturated heterocycles.